The molecule has 1 fully saturated rings. The van der Waals surface area contributed by atoms with Crippen molar-refractivity contribution in [3.05, 3.63) is 33.9 Å². The number of amides is 1. The average Bonchev–Trinajstić information content (AvgIpc) is 3.11. The Labute approximate surface area is 111 Å². The summed E-state index contributed by atoms with van der Waals surface area (Å²) in [5.74, 6) is 0.761. The molecule has 2 atom stereocenters. The van der Waals surface area contributed by atoms with Crippen molar-refractivity contribution < 1.29 is 9.72 Å². The third-order valence-corrected chi connectivity index (χ3v) is 3.53. The number of rotatable bonds is 5. The van der Waals surface area contributed by atoms with Crippen molar-refractivity contribution in [2.45, 2.75) is 13.3 Å². The second-order valence-electron chi connectivity index (χ2n) is 4.92. The molecule has 102 valence electrons. The first-order valence-corrected chi connectivity index (χ1v) is 6.27. The highest BCUT2D eigenvalue weighted by Crippen LogP contribution is 2.36. The van der Waals surface area contributed by atoms with Gasteiger partial charge in [0, 0.05) is 25.3 Å². The van der Waals surface area contributed by atoms with E-state index < -0.39 is 4.92 Å². The van der Waals surface area contributed by atoms with Crippen LogP contribution in [0.2, 0.25) is 0 Å². The van der Waals surface area contributed by atoms with Gasteiger partial charge in [-0.15, -0.1) is 0 Å². The van der Waals surface area contributed by atoms with Crippen LogP contribution in [0.4, 0.5) is 11.4 Å². The Balaban J connectivity index is 2.15. The van der Waals surface area contributed by atoms with Crippen molar-refractivity contribution >= 4 is 17.3 Å². The van der Waals surface area contributed by atoms with E-state index in [1.807, 2.05) is 0 Å². The number of nitro groups is 1. The topological polar surface area (TPSA) is 84.3 Å². The Morgan fingerprint density at radius 2 is 2.21 bits per heavy atom. The highest BCUT2D eigenvalue weighted by Gasteiger charge is 2.33. The zero-order valence-corrected chi connectivity index (χ0v) is 11.0. The molecule has 1 aliphatic rings. The van der Waals surface area contributed by atoms with Crippen molar-refractivity contribution in [2.75, 3.05) is 18.9 Å². The number of benzene rings is 1. The van der Waals surface area contributed by atoms with E-state index in [1.54, 1.807) is 13.1 Å². The summed E-state index contributed by atoms with van der Waals surface area (Å²) in [4.78, 5) is 22.4. The number of carbonyl (C=O) groups excluding carboxylic acids is 1. The van der Waals surface area contributed by atoms with E-state index in [9.17, 15) is 14.9 Å². The summed E-state index contributed by atoms with van der Waals surface area (Å²) >= 11 is 0. The molecule has 1 aliphatic carbocycles. The molecule has 1 saturated carbocycles. The molecule has 1 aromatic carbocycles. The molecule has 2 rings (SSSR count). The molecule has 0 saturated heterocycles. The van der Waals surface area contributed by atoms with Crippen LogP contribution in [0.1, 0.15) is 23.7 Å². The van der Waals surface area contributed by atoms with E-state index in [0.717, 1.165) is 6.42 Å². The second kappa shape index (κ2) is 5.26. The zero-order valence-electron chi connectivity index (χ0n) is 11.0. The van der Waals surface area contributed by atoms with Gasteiger partial charge in [0.2, 0.25) is 0 Å². The van der Waals surface area contributed by atoms with Gasteiger partial charge in [0.25, 0.3) is 11.6 Å². The summed E-state index contributed by atoms with van der Waals surface area (Å²) in [7, 11) is 1.70. The summed E-state index contributed by atoms with van der Waals surface area (Å²) in [5, 5.41) is 16.6. The number of hydrogen-bond acceptors (Lipinski definition) is 4. The molecular formula is C13H17N3O3. The van der Waals surface area contributed by atoms with Crippen molar-refractivity contribution in [1.29, 1.82) is 0 Å². The van der Waals surface area contributed by atoms with Gasteiger partial charge in [0.1, 0.15) is 5.56 Å². The van der Waals surface area contributed by atoms with Crippen LogP contribution in [-0.2, 0) is 0 Å². The molecule has 0 heterocycles. The van der Waals surface area contributed by atoms with Crippen LogP contribution in [0.5, 0.6) is 0 Å². The van der Waals surface area contributed by atoms with Crippen LogP contribution in [0.3, 0.4) is 0 Å². The summed E-state index contributed by atoms with van der Waals surface area (Å²) in [6, 6.07) is 4.43. The first-order chi connectivity index (χ1) is 9.02. The fraction of sp³-hybridized carbons (Fsp3) is 0.462. The summed E-state index contributed by atoms with van der Waals surface area (Å²) in [6.45, 7) is 2.71. The highest BCUT2D eigenvalue weighted by molar-refractivity contribution is 5.99. The van der Waals surface area contributed by atoms with Gasteiger partial charge in [-0.3, -0.25) is 14.9 Å². The monoisotopic (exact) mass is 263 g/mol. The Hall–Kier alpha value is -2.11. The van der Waals surface area contributed by atoms with Gasteiger partial charge in [0.05, 0.1) is 4.92 Å². The van der Waals surface area contributed by atoms with Gasteiger partial charge in [-0.25, -0.2) is 0 Å². The van der Waals surface area contributed by atoms with Crippen molar-refractivity contribution in [1.82, 2.24) is 5.32 Å². The molecule has 0 radical (unpaired) electrons. The largest absolute Gasteiger partial charge is 0.388 e. The molecule has 1 amide bonds. The molecule has 0 aromatic heterocycles. The van der Waals surface area contributed by atoms with Crippen molar-refractivity contribution in [3.63, 3.8) is 0 Å². The predicted octanol–water partition coefficient (Wildman–Crippen LogP) is 2.02. The highest BCUT2D eigenvalue weighted by atomic mass is 16.6. The number of nitro benzene ring substituents is 1. The standard InChI is InChI=1S/C13H17N3O3/c1-8-5-9(8)7-15-13(17)11-6-10(14-2)3-4-12(11)16(18)19/h3-4,6,8-9,14H,5,7H2,1-2H3,(H,15,17). The fourth-order valence-corrected chi connectivity index (χ4v) is 2.04. The average molecular weight is 263 g/mol. The number of anilines is 1. The van der Waals surface area contributed by atoms with Gasteiger partial charge >= 0.3 is 0 Å². The summed E-state index contributed by atoms with van der Waals surface area (Å²) in [5.41, 5.74) is 0.612. The molecule has 2 N–H and O–H groups in total. The lowest BCUT2D eigenvalue weighted by molar-refractivity contribution is -0.385. The molecule has 19 heavy (non-hydrogen) atoms. The zero-order chi connectivity index (χ0) is 14.0. The Morgan fingerprint density at radius 3 is 2.74 bits per heavy atom. The SMILES string of the molecule is CNc1ccc([N+](=O)[O-])c(C(=O)NCC2CC2C)c1. The quantitative estimate of drug-likeness (QED) is 0.628. The van der Waals surface area contributed by atoms with E-state index in [4.69, 9.17) is 0 Å². The lowest BCUT2D eigenvalue weighted by Gasteiger charge is -2.07. The minimum absolute atomic E-state index is 0.102. The predicted molar refractivity (Wildman–Crippen MR) is 72.2 cm³/mol. The second-order valence-corrected chi connectivity index (χ2v) is 4.92. The summed E-state index contributed by atoms with van der Waals surface area (Å²) < 4.78 is 0. The third-order valence-electron chi connectivity index (χ3n) is 3.53. The van der Waals surface area contributed by atoms with Crippen LogP contribution >= 0.6 is 0 Å². The number of hydrogen-bond donors (Lipinski definition) is 2. The fourth-order valence-electron chi connectivity index (χ4n) is 2.04. The Morgan fingerprint density at radius 1 is 1.53 bits per heavy atom. The van der Waals surface area contributed by atoms with Crippen molar-refractivity contribution in [3.8, 4) is 0 Å². The molecule has 2 unspecified atom stereocenters. The third kappa shape index (κ3) is 3.01. The Bertz CT molecular complexity index is 516. The van der Waals surface area contributed by atoms with Crippen LogP contribution < -0.4 is 10.6 Å². The van der Waals surface area contributed by atoms with E-state index in [0.29, 0.717) is 24.1 Å². The smallest absolute Gasteiger partial charge is 0.282 e. The molecule has 1 aromatic rings. The van der Waals surface area contributed by atoms with Crippen LogP contribution in [0.25, 0.3) is 0 Å². The van der Waals surface area contributed by atoms with Gasteiger partial charge in [-0.05, 0) is 30.4 Å². The maximum Gasteiger partial charge on any atom is 0.282 e. The van der Waals surface area contributed by atoms with Crippen LogP contribution in [0, 0.1) is 22.0 Å². The Kier molecular flexibility index (Phi) is 3.69. The molecule has 0 spiro atoms. The first-order valence-electron chi connectivity index (χ1n) is 6.27. The maximum atomic E-state index is 12.0. The van der Waals surface area contributed by atoms with Gasteiger partial charge in [0.15, 0.2) is 0 Å². The lowest BCUT2D eigenvalue weighted by Crippen LogP contribution is -2.26. The number of carbonyl (C=O) groups is 1. The molecule has 0 bridgehead atoms. The van der Waals surface area contributed by atoms with Crippen LogP contribution in [0.15, 0.2) is 18.2 Å². The van der Waals surface area contributed by atoms with Gasteiger partial charge in [-0.2, -0.15) is 0 Å². The van der Waals surface area contributed by atoms with Crippen molar-refractivity contribution in [2.24, 2.45) is 11.8 Å². The van der Waals surface area contributed by atoms with Crippen LogP contribution in [-0.4, -0.2) is 24.4 Å². The van der Waals surface area contributed by atoms with E-state index in [2.05, 4.69) is 17.6 Å². The van der Waals surface area contributed by atoms with E-state index in [1.165, 1.54) is 12.1 Å². The van der Waals surface area contributed by atoms with Gasteiger partial charge < -0.3 is 10.6 Å². The minimum atomic E-state index is -0.534. The molecule has 6 heteroatoms. The normalized spacial score (nSPS) is 20.7. The van der Waals surface area contributed by atoms with E-state index in [-0.39, 0.29) is 17.2 Å². The van der Waals surface area contributed by atoms with Gasteiger partial charge in [-0.1, -0.05) is 6.92 Å². The molecular weight excluding hydrogens is 246 g/mol. The lowest BCUT2D eigenvalue weighted by atomic mass is 10.1. The van der Waals surface area contributed by atoms with E-state index >= 15 is 0 Å². The first kappa shape index (κ1) is 13.3. The molecule has 0 aliphatic heterocycles. The molecule has 6 nitrogen and oxygen atoms in total. The number of nitrogens with one attached hydrogen (secondary N) is 2. The summed E-state index contributed by atoms with van der Waals surface area (Å²) in [6.07, 6.45) is 1.11. The number of nitrogens with zero attached hydrogens (tertiary/aromatic N) is 1. The maximum absolute atomic E-state index is 12.0. The minimum Gasteiger partial charge on any atom is -0.388 e.